The van der Waals surface area contributed by atoms with Crippen molar-refractivity contribution in [2.45, 2.75) is 19.8 Å². The van der Waals surface area contributed by atoms with Crippen molar-refractivity contribution in [3.8, 4) is 0 Å². The van der Waals surface area contributed by atoms with Gasteiger partial charge in [-0.25, -0.2) is 4.79 Å². The maximum absolute atomic E-state index is 11.7. The topological polar surface area (TPSA) is 87.2 Å². The van der Waals surface area contributed by atoms with E-state index in [2.05, 4.69) is 0 Å². The molecule has 7 nitrogen and oxygen atoms in total. The average Bonchev–Trinajstić information content (AvgIpc) is 2.32. The minimum absolute atomic E-state index is 0.103. The number of carbonyl (C=O) groups excluding carboxylic acids is 2. The van der Waals surface area contributed by atoms with E-state index in [0.29, 0.717) is 6.61 Å². The number of esters is 1. The second-order valence-corrected chi connectivity index (χ2v) is 3.82. The molecule has 18 heavy (non-hydrogen) atoms. The number of nitrogens with zero attached hydrogens (tertiary/aromatic N) is 2. The van der Waals surface area contributed by atoms with E-state index in [4.69, 9.17) is 9.84 Å². The predicted molar refractivity (Wildman–Crippen MR) is 64.2 cm³/mol. The molecule has 0 aromatic rings. The van der Waals surface area contributed by atoms with Gasteiger partial charge in [-0.3, -0.25) is 9.59 Å². The van der Waals surface area contributed by atoms with E-state index in [1.54, 1.807) is 14.0 Å². The van der Waals surface area contributed by atoms with E-state index in [9.17, 15) is 14.4 Å². The Morgan fingerprint density at radius 2 is 1.56 bits per heavy atom. The number of urea groups is 1. The van der Waals surface area contributed by atoms with Gasteiger partial charge >= 0.3 is 18.0 Å². The maximum Gasteiger partial charge on any atom is 0.319 e. The summed E-state index contributed by atoms with van der Waals surface area (Å²) in [5.74, 6) is -1.31. The van der Waals surface area contributed by atoms with Crippen LogP contribution in [0, 0.1) is 0 Å². The van der Waals surface area contributed by atoms with E-state index in [1.807, 2.05) is 0 Å². The molecule has 7 heteroatoms. The molecule has 0 aliphatic heterocycles. The van der Waals surface area contributed by atoms with Gasteiger partial charge < -0.3 is 19.6 Å². The van der Waals surface area contributed by atoms with Gasteiger partial charge in [0, 0.05) is 27.2 Å². The molecule has 0 saturated heterocycles. The third-order valence-electron chi connectivity index (χ3n) is 2.27. The van der Waals surface area contributed by atoms with E-state index in [0.717, 1.165) is 0 Å². The van der Waals surface area contributed by atoms with Crippen molar-refractivity contribution in [1.82, 2.24) is 9.80 Å². The van der Waals surface area contributed by atoms with Gasteiger partial charge in [-0.15, -0.1) is 0 Å². The van der Waals surface area contributed by atoms with Crippen LogP contribution in [0.4, 0.5) is 4.79 Å². The highest BCUT2D eigenvalue weighted by molar-refractivity contribution is 5.76. The Morgan fingerprint density at radius 1 is 1.06 bits per heavy atom. The highest BCUT2D eigenvalue weighted by atomic mass is 16.5. The highest BCUT2D eigenvalue weighted by Gasteiger charge is 2.16. The standard InChI is InChI=1S/C11H20N2O5/c1-4-18-10(16)6-8-13(3)11(17)12(2)7-5-9(14)15/h4-8H2,1-3H3,(H,14,15). The predicted octanol–water partition coefficient (Wildman–Crippen LogP) is 0.398. The van der Waals surface area contributed by atoms with Crippen molar-refractivity contribution in [1.29, 1.82) is 0 Å². The molecule has 104 valence electrons. The van der Waals surface area contributed by atoms with Crippen LogP contribution in [0.1, 0.15) is 19.8 Å². The number of hydrogen-bond donors (Lipinski definition) is 1. The molecule has 0 radical (unpaired) electrons. The lowest BCUT2D eigenvalue weighted by molar-refractivity contribution is -0.143. The van der Waals surface area contributed by atoms with E-state index in [1.165, 1.54) is 16.8 Å². The number of carboxylic acid groups (broad SMARTS) is 1. The van der Waals surface area contributed by atoms with Gasteiger partial charge in [-0.1, -0.05) is 0 Å². The summed E-state index contributed by atoms with van der Waals surface area (Å²) < 4.78 is 4.74. The molecule has 0 heterocycles. The summed E-state index contributed by atoms with van der Waals surface area (Å²) in [6.45, 7) is 2.41. The number of amides is 2. The van der Waals surface area contributed by atoms with Crippen LogP contribution in [0.3, 0.4) is 0 Å². The maximum atomic E-state index is 11.7. The summed E-state index contributed by atoms with van der Waals surface area (Å²) in [6, 6.07) is -0.319. The Labute approximate surface area is 106 Å². The molecular weight excluding hydrogens is 240 g/mol. The highest BCUT2D eigenvalue weighted by Crippen LogP contribution is 1.98. The fourth-order valence-corrected chi connectivity index (χ4v) is 1.24. The van der Waals surface area contributed by atoms with Gasteiger partial charge in [0.05, 0.1) is 19.4 Å². The molecule has 1 N–H and O–H groups in total. The third kappa shape index (κ3) is 6.72. The van der Waals surface area contributed by atoms with Crippen molar-refractivity contribution in [2.24, 2.45) is 0 Å². The molecular formula is C11H20N2O5. The normalized spacial score (nSPS) is 9.72. The third-order valence-corrected chi connectivity index (χ3v) is 2.27. The Kier molecular flexibility index (Phi) is 7.50. The molecule has 0 fully saturated rings. The Hall–Kier alpha value is -1.79. The monoisotopic (exact) mass is 260 g/mol. The van der Waals surface area contributed by atoms with Crippen molar-refractivity contribution >= 4 is 18.0 Å². The van der Waals surface area contributed by atoms with Crippen LogP contribution < -0.4 is 0 Å². The fraction of sp³-hybridized carbons (Fsp3) is 0.727. The van der Waals surface area contributed by atoms with Crippen molar-refractivity contribution in [3.05, 3.63) is 0 Å². The van der Waals surface area contributed by atoms with Gasteiger partial charge in [-0.05, 0) is 6.92 Å². The molecule has 0 aliphatic rings. The summed E-state index contributed by atoms with van der Waals surface area (Å²) in [5.41, 5.74) is 0. The lowest BCUT2D eigenvalue weighted by Crippen LogP contribution is -2.40. The first kappa shape index (κ1) is 16.2. The molecule has 0 aliphatic carbocycles. The van der Waals surface area contributed by atoms with Crippen LogP contribution in [-0.2, 0) is 14.3 Å². The molecule has 0 atom stereocenters. The number of carboxylic acids is 1. The van der Waals surface area contributed by atoms with E-state index < -0.39 is 5.97 Å². The molecule has 0 rings (SSSR count). The number of hydrogen-bond acceptors (Lipinski definition) is 4. The minimum atomic E-state index is -0.955. The summed E-state index contributed by atoms with van der Waals surface area (Å²) in [5, 5.41) is 8.51. The molecule has 0 unspecified atom stereocenters. The van der Waals surface area contributed by atoms with Gasteiger partial charge in [0.2, 0.25) is 0 Å². The van der Waals surface area contributed by atoms with Crippen molar-refractivity contribution in [3.63, 3.8) is 0 Å². The Bertz CT molecular complexity index is 306. The number of aliphatic carboxylic acids is 1. The van der Waals surface area contributed by atoms with Crippen molar-refractivity contribution < 1.29 is 24.2 Å². The van der Waals surface area contributed by atoms with Crippen LogP contribution in [0.5, 0.6) is 0 Å². The van der Waals surface area contributed by atoms with Gasteiger partial charge in [-0.2, -0.15) is 0 Å². The number of rotatable bonds is 7. The number of carbonyl (C=O) groups is 3. The van der Waals surface area contributed by atoms with E-state index in [-0.39, 0.29) is 37.9 Å². The van der Waals surface area contributed by atoms with Crippen LogP contribution in [0.2, 0.25) is 0 Å². The lowest BCUT2D eigenvalue weighted by atomic mass is 10.4. The second-order valence-electron chi connectivity index (χ2n) is 3.82. The molecule has 0 aromatic heterocycles. The summed E-state index contributed by atoms with van der Waals surface area (Å²) in [7, 11) is 3.07. The first-order chi connectivity index (χ1) is 8.38. The molecule has 2 amide bonds. The summed E-state index contributed by atoms with van der Waals surface area (Å²) >= 11 is 0. The zero-order valence-electron chi connectivity index (χ0n) is 11.0. The molecule has 0 bridgehead atoms. The van der Waals surface area contributed by atoms with E-state index >= 15 is 0 Å². The fourth-order valence-electron chi connectivity index (χ4n) is 1.24. The Balaban J connectivity index is 4.01. The van der Waals surface area contributed by atoms with Gasteiger partial charge in [0.15, 0.2) is 0 Å². The summed E-state index contributed by atoms with van der Waals surface area (Å²) in [4.78, 5) is 35.9. The minimum Gasteiger partial charge on any atom is -0.481 e. The molecule has 0 saturated carbocycles. The Morgan fingerprint density at radius 3 is 2.00 bits per heavy atom. The van der Waals surface area contributed by atoms with Crippen LogP contribution in [0.15, 0.2) is 0 Å². The second kappa shape index (κ2) is 8.32. The SMILES string of the molecule is CCOC(=O)CCN(C)C(=O)N(C)CCC(=O)O. The average molecular weight is 260 g/mol. The summed E-state index contributed by atoms with van der Waals surface area (Å²) in [6.07, 6.45) is 0.0246. The lowest BCUT2D eigenvalue weighted by Gasteiger charge is -2.24. The molecule has 0 spiro atoms. The largest absolute Gasteiger partial charge is 0.481 e. The first-order valence-electron chi connectivity index (χ1n) is 5.72. The van der Waals surface area contributed by atoms with Gasteiger partial charge in [0.25, 0.3) is 0 Å². The van der Waals surface area contributed by atoms with Crippen molar-refractivity contribution in [2.75, 3.05) is 33.8 Å². The smallest absolute Gasteiger partial charge is 0.319 e. The van der Waals surface area contributed by atoms with Crippen LogP contribution in [0.25, 0.3) is 0 Å². The zero-order valence-corrected chi connectivity index (χ0v) is 11.0. The first-order valence-corrected chi connectivity index (χ1v) is 5.72. The quantitative estimate of drug-likeness (QED) is 0.669. The zero-order chi connectivity index (χ0) is 14.1. The number of ether oxygens (including phenoxy) is 1. The van der Waals surface area contributed by atoms with Gasteiger partial charge in [0.1, 0.15) is 0 Å². The van der Waals surface area contributed by atoms with Crippen LogP contribution in [-0.4, -0.2) is 66.7 Å². The van der Waals surface area contributed by atoms with Crippen LogP contribution >= 0.6 is 0 Å². The molecule has 0 aromatic carbocycles.